The summed E-state index contributed by atoms with van der Waals surface area (Å²) in [7, 11) is 0. The lowest BCUT2D eigenvalue weighted by atomic mass is 9.69. The molecule has 1 aliphatic carbocycles. The maximum atomic E-state index is 12.2. The van der Waals surface area contributed by atoms with Crippen LogP contribution in [-0.2, 0) is 16.6 Å². The topological polar surface area (TPSA) is 76.2 Å². The maximum Gasteiger partial charge on any atom is 0.227 e. The number of fused-ring (bicyclic) bond motifs is 1. The van der Waals surface area contributed by atoms with Crippen molar-refractivity contribution in [3.8, 4) is 0 Å². The van der Waals surface area contributed by atoms with E-state index in [1.807, 2.05) is 26.0 Å². The Morgan fingerprint density at radius 2 is 2.14 bits per heavy atom. The molecule has 4 heteroatoms. The number of amides is 1. The van der Waals surface area contributed by atoms with Crippen LogP contribution in [0, 0.1) is 11.8 Å². The minimum Gasteiger partial charge on any atom is -0.387 e. The predicted molar refractivity (Wildman–Crippen MR) is 87.3 cm³/mol. The third-order valence-electron chi connectivity index (χ3n) is 4.97. The van der Waals surface area contributed by atoms with Crippen LogP contribution >= 0.6 is 0 Å². The van der Waals surface area contributed by atoms with E-state index in [0.717, 1.165) is 30.5 Å². The number of aliphatic hydroxyl groups is 1. The second-order valence-electron chi connectivity index (χ2n) is 7.21. The quantitative estimate of drug-likeness (QED) is 0.901. The largest absolute Gasteiger partial charge is 0.387 e. The molecule has 1 amide bonds. The van der Waals surface area contributed by atoms with Gasteiger partial charge in [-0.3, -0.25) is 9.78 Å². The van der Waals surface area contributed by atoms with Gasteiger partial charge >= 0.3 is 0 Å². The molecule has 4 unspecified atom stereocenters. The van der Waals surface area contributed by atoms with Crippen molar-refractivity contribution in [1.29, 1.82) is 0 Å². The SMILES string of the molecule is CCC(O)c1ccc2c(n1)CC(C)CC(C)CC2(C)C(N)=O. The molecule has 3 N–H and O–H groups in total. The van der Waals surface area contributed by atoms with Gasteiger partial charge in [0.1, 0.15) is 0 Å². The second-order valence-corrected chi connectivity index (χ2v) is 7.21. The number of carbonyl (C=O) groups excluding carboxylic acids is 1. The Bertz CT molecular complexity index is 558. The number of aromatic nitrogens is 1. The fourth-order valence-electron chi connectivity index (χ4n) is 3.79. The van der Waals surface area contributed by atoms with Crippen LogP contribution in [0.4, 0.5) is 0 Å². The van der Waals surface area contributed by atoms with E-state index in [4.69, 9.17) is 5.73 Å². The fraction of sp³-hybridized carbons (Fsp3) is 0.667. The van der Waals surface area contributed by atoms with E-state index >= 15 is 0 Å². The smallest absolute Gasteiger partial charge is 0.227 e. The van der Waals surface area contributed by atoms with Crippen molar-refractivity contribution in [2.75, 3.05) is 0 Å². The summed E-state index contributed by atoms with van der Waals surface area (Å²) in [5.41, 5.74) is 7.60. The first-order valence-corrected chi connectivity index (χ1v) is 8.26. The summed E-state index contributed by atoms with van der Waals surface area (Å²) in [5.74, 6) is 0.662. The van der Waals surface area contributed by atoms with E-state index in [1.165, 1.54) is 0 Å². The molecule has 4 nitrogen and oxygen atoms in total. The third kappa shape index (κ3) is 3.17. The molecule has 122 valence electrons. The lowest BCUT2D eigenvalue weighted by Gasteiger charge is -2.35. The van der Waals surface area contributed by atoms with E-state index in [2.05, 4.69) is 18.8 Å². The number of pyridine rings is 1. The number of nitrogens with two attached hydrogens (primary N) is 1. The number of nitrogens with zero attached hydrogens (tertiary/aromatic N) is 1. The Labute approximate surface area is 133 Å². The summed E-state index contributed by atoms with van der Waals surface area (Å²) in [6.45, 7) is 8.27. The van der Waals surface area contributed by atoms with Crippen LogP contribution in [0.2, 0.25) is 0 Å². The van der Waals surface area contributed by atoms with Gasteiger partial charge in [-0.15, -0.1) is 0 Å². The van der Waals surface area contributed by atoms with E-state index in [-0.39, 0.29) is 5.91 Å². The highest BCUT2D eigenvalue weighted by Gasteiger charge is 2.39. The van der Waals surface area contributed by atoms with Gasteiger partial charge in [0.15, 0.2) is 0 Å². The molecule has 1 aromatic rings. The van der Waals surface area contributed by atoms with E-state index in [1.54, 1.807) is 0 Å². The molecule has 0 spiro atoms. The van der Waals surface area contributed by atoms with Gasteiger partial charge in [0.05, 0.1) is 17.2 Å². The zero-order valence-electron chi connectivity index (χ0n) is 14.1. The van der Waals surface area contributed by atoms with Crippen molar-refractivity contribution in [1.82, 2.24) is 4.98 Å². The minimum atomic E-state index is -0.683. The van der Waals surface area contributed by atoms with Gasteiger partial charge in [-0.05, 0) is 56.1 Å². The predicted octanol–water partition coefficient (Wildman–Crippen LogP) is 2.88. The van der Waals surface area contributed by atoms with Gasteiger partial charge in [-0.1, -0.05) is 26.8 Å². The van der Waals surface area contributed by atoms with E-state index in [0.29, 0.717) is 24.0 Å². The molecule has 0 fully saturated rings. The lowest BCUT2D eigenvalue weighted by Crippen LogP contribution is -2.42. The van der Waals surface area contributed by atoms with Crippen molar-refractivity contribution in [3.05, 3.63) is 29.1 Å². The van der Waals surface area contributed by atoms with E-state index < -0.39 is 11.5 Å². The van der Waals surface area contributed by atoms with Gasteiger partial charge in [0.2, 0.25) is 5.91 Å². The van der Waals surface area contributed by atoms with Gasteiger partial charge in [0, 0.05) is 5.69 Å². The molecule has 0 saturated heterocycles. The van der Waals surface area contributed by atoms with Crippen LogP contribution in [0.5, 0.6) is 0 Å². The molecule has 1 aliphatic rings. The van der Waals surface area contributed by atoms with Crippen LogP contribution in [0.15, 0.2) is 12.1 Å². The summed E-state index contributed by atoms with van der Waals surface area (Å²) in [5, 5.41) is 10.0. The number of hydrogen-bond donors (Lipinski definition) is 2. The molecular weight excluding hydrogens is 276 g/mol. The molecule has 0 radical (unpaired) electrons. The average molecular weight is 304 g/mol. The highest BCUT2D eigenvalue weighted by atomic mass is 16.3. The summed E-state index contributed by atoms with van der Waals surface area (Å²) in [6.07, 6.45) is 2.71. The van der Waals surface area contributed by atoms with Crippen LogP contribution < -0.4 is 5.73 Å². The first-order valence-electron chi connectivity index (χ1n) is 8.26. The first kappa shape index (κ1) is 16.9. The van der Waals surface area contributed by atoms with Crippen LogP contribution in [0.1, 0.15) is 70.0 Å². The zero-order valence-corrected chi connectivity index (χ0v) is 14.1. The fourth-order valence-corrected chi connectivity index (χ4v) is 3.79. The van der Waals surface area contributed by atoms with Crippen molar-refractivity contribution in [2.24, 2.45) is 17.6 Å². The van der Waals surface area contributed by atoms with Gasteiger partial charge in [0.25, 0.3) is 0 Å². The van der Waals surface area contributed by atoms with Gasteiger partial charge in [-0.25, -0.2) is 0 Å². The molecule has 22 heavy (non-hydrogen) atoms. The van der Waals surface area contributed by atoms with E-state index in [9.17, 15) is 9.90 Å². The number of primary amides is 1. The Balaban J connectivity index is 2.56. The van der Waals surface area contributed by atoms with Crippen LogP contribution in [0.3, 0.4) is 0 Å². The number of rotatable bonds is 3. The van der Waals surface area contributed by atoms with Crippen molar-refractivity contribution >= 4 is 5.91 Å². The Kier molecular flexibility index (Phi) is 4.90. The molecule has 0 bridgehead atoms. The van der Waals surface area contributed by atoms with Gasteiger partial charge in [-0.2, -0.15) is 0 Å². The third-order valence-corrected chi connectivity index (χ3v) is 4.97. The van der Waals surface area contributed by atoms with Crippen molar-refractivity contribution in [3.63, 3.8) is 0 Å². The number of aliphatic hydroxyl groups excluding tert-OH is 1. The lowest BCUT2D eigenvalue weighted by molar-refractivity contribution is -0.123. The average Bonchev–Trinajstić information content (AvgIpc) is 2.44. The zero-order chi connectivity index (χ0) is 16.5. The second kappa shape index (κ2) is 6.37. The molecule has 1 heterocycles. The Morgan fingerprint density at radius 1 is 1.45 bits per heavy atom. The minimum absolute atomic E-state index is 0.291. The van der Waals surface area contributed by atoms with Gasteiger partial charge < -0.3 is 10.8 Å². The number of hydrogen-bond acceptors (Lipinski definition) is 3. The molecule has 0 saturated carbocycles. The summed E-state index contributed by atoms with van der Waals surface area (Å²) >= 11 is 0. The van der Waals surface area contributed by atoms with Crippen molar-refractivity contribution < 1.29 is 9.90 Å². The molecule has 4 atom stereocenters. The van der Waals surface area contributed by atoms with Crippen LogP contribution in [-0.4, -0.2) is 16.0 Å². The first-order chi connectivity index (χ1) is 10.3. The number of carbonyl (C=O) groups is 1. The highest BCUT2D eigenvalue weighted by molar-refractivity contribution is 5.86. The summed E-state index contributed by atoms with van der Waals surface area (Å²) in [4.78, 5) is 16.8. The molecule has 2 rings (SSSR count). The normalized spacial score (nSPS) is 30.0. The van der Waals surface area contributed by atoms with Crippen LogP contribution in [0.25, 0.3) is 0 Å². The Morgan fingerprint density at radius 3 is 2.73 bits per heavy atom. The highest BCUT2D eigenvalue weighted by Crippen LogP contribution is 2.38. The summed E-state index contributed by atoms with van der Waals surface area (Å²) in [6, 6.07) is 3.79. The summed E-state index contributed by atoms with van der Waals surface area (Å²) < 4.78 is 0. The maximum absolute atomic E-state index is 12.2. The van der Waals surface area contributed by atoms with Crippen molar-refractivity contribution in [2.45, 2.75) is 64.9 Å². The molecule has 0 aliphatic heterocycles. The molecule has 1 aromatic heterocycles. The standard InChI is InChI=1S/C18H28N2O2/c1-5-16(21)14-7-6-13-15(20-14)9-11(2)8-12(3)10-18(13,4)17(19)22/h6-7,11-12,16,21H,5,8-10H2,1-4H3,(H2,19,22). The molecular formula is C18H28N2O2. The monoisotopic (exact) mass is 304 g/mol. The Hall–Kier alpha value is -1.42. The molecule has 0 aromatic carbocycles.